The highest BCUT2D eigenvalue weighted by Crippen LogP contribution is 2.31. The largest absolute Gasteiger partial charge is 0.478 e. The first-order valence-electron chi connectivity index (χ1n) is 7.71. The second-order valence-corrected chi connectivity index (χ2v) is 5.77. The monoisotopic (exact) mass is 367 g/mol. The Morgan fingerprint density at radius 3 is 2.31 bits per heavy atom. The third-order valence-electron chi connectivity index (χ3n) is 3.57. The first-order chi connectivity index (χ1) is 12.5. The summed E-state index contributed by atoms with van der Waals surface area (Å²) in [5.41, 5.74) is 0.512. The fraction of sp³-hybridized carbons (Fsp3) is 0. The summed E-state index contributed by atoms with van der Waals surface area (Å²) >= 11 is 6.07. The highest BCUT2D eigenvalue weighted by Gasteiger charge is 2.15. The van der Waals surface area contributed by atoms with Gasteiger partial charge in [-0.25, -0.2) is 4.79 Å². The fourth-order valence-corrected chi connectivity index (χ4v) is 2.49. The van der Waals surface area contributed by atoms with Crippen molar-refractivity contribution in [3.8, 4) is 11.5 Å². The molecule has 130 valence electrons. The van der Waals surface area contributed by atoms with E-state index >= 15 is 0 Å². The maximum Gasteiger partial charge on any atom is 0.337 e. The number of halogens is 1. The van der Waals surface area contributed by atoms with Crippen LogP contribution in [0.1, 0.15) is 20.7 Å². The van der Waals surface area contributed by atoms with Crippen LogP contribution in [0, 0.1) is 0 Å². The van der Waals surface area contributed by atoms with Gasteiger partial charge < -0.3 is 15.2 Å². The summed E-state index contributed by atoms with van der Waals surface area (Å²) in [5.74, 6) is -0.787. The Balaban J connectivity index is 1.91. The number of carboxylic acid groups (broad SMARTS) is 1. The van der Waals surface area contributed by atoms with Crippen molar-refractivity contribution in [2.45, 2.75) is 0 Å². The van der Waals surface area contributed by atoms with Gasteiger partial charge in [-0.05, 0) is 36.4 Å². The third-order valence-corrected chi connectivity index (χ3v) is 3.88. The standard InChI is InChI=1S/C20H14ClNO4/c21-16-8-4-5-9-18(16)26-14-10-11-15(20(24)25)17(12-14)22-19(23)13-6-2-1-3-7-13/h1-12H,(H,22,23)(H,24,25). The number of hydrogen-bond acceptors (Lipinski definition) is 3. The molecule has 6 heteroatoms. The highest BCUT2D eigenvalue weighted by atomic mass is 35.5. The molecule has 0 fully saturated rings. The van der Waals surface area contributed by atoms with Gasteiger partial charge in [-0.2, -0.15) is 0 Å². The van der Waals surface area contributed by atoms with E-state index < -0.39 is 11.9 Å². The average Bonchev–Trinajstić information content (AvgIpc) is 2.64. The van der Waals surface area contributed by atoms with Crippen molar-refractivity contribution >= 4 is 29.2 Å². The molecule has 0 atom stereocenters. The topological polar surface area (TPSA) is 75.6 Å². The van der Waals surface area contributed by atoms with Crippen molar-refractivity contribution in [1.82, 2.24) is 0 Å². The Hall–Kier alpha value is -3.31. The molecule has 0 bridgehead atoms. The Labute approximate surface area is 154 Å². The molecule has 3 aromatic carbocycles. The first-order valence-corrected chi connectivity index (χ1v) is 8.08. The zero-order valence-electron chi connectivity index (χ0n) is 13.5. The van der Waals surface area contributed by atoms with Gasteiger partial charge in [0, 0.05) is 11.6 Å². The lowest BCUT2D eigenvalue weighted by molar-refractivity contribution is 0.0698. The highest BCUT2D eigenvalue weighted by molar-refractivity contribution is 6.32. The quantitative estimate of drug-likeness (QED) is 0.659. The molecule has 1 amide bonds. The van der Waals surface area contributed by atoms with Gasteiger partial charge in [0.25, 0.3) is 5.91 Å². The van der Waals surface area contributed by atoms with Crippen molar-refractivity contribution in [3.05, 3.63) is 88.9 Å². The van der Waals surface area contributed by atoms with Crippen LogP contribution < -0.4 is 10.1 Å². The van der Waals surface area contributed by atoms with E-state index in [4.69, 9.17) is 16.3 Å². The van der Waals surface area contributed by atoms with Crippen LogP contribution in [0.2, 0.25) is 5.02 Å². The molecule has 0 radical (unpaired) electrons. The van der Waals surface area contributed by atoms with E-state index in [0.717, 1.165) is 0 Å². The molecule has 0 aromatic heterocycles. The third kappa shape index (κ3) is 4.02. The molecule has 5 nitrogen and oxygen atoms in total. The number of carboxylic acids is 1. The lowest BCUT2D eigenvalue weighted by atomic mass is 10.1. The smallest absolute Gasteiger partial charge is 0.337 e. The molecule has 0 aliphatic rings. The molecule has 0 saturated heterocycles. The van der Waals surface area contributed by atoms with Crippen molar-refractivity contribution < 1.29 is 19.4 Å². The zero-order chi connectivity index (χ0) is 18.5. The molecule has 0 aliphatic carbocycles. The van der Waals surface area contributed by atoms with Crippen molar-refractivity contribution in [3.63, 3.8) is 0 Å². The van der Waals surface area contributed by atoms with Crippen LogP contribution in [-0.2, 0) is 0 Å². The number of hydrogen-bond donors (Lipinski definition) is 2. The minimum absolute atomic E-state index is 0.0409. The Bertz CT molecular complexity index is 957. The van der Waals surface area contributed by atoms with Crippen LogP contribution in [-0.4, -0.2) is 17.0 Å². The SMILES string of the molecule is O=C(Nc1cc(Oc2ccccc2Cl)ccc1C(=O)O)c1ccccc1. The van der Waals surface area contributed by atoms with Gasteiger partial charge in [0.05, 0.1) is 16.3 Å². The molecule has 3 aromatic rings. The van der Waals surface area contributed by atoms with Crippen LogP contribution in [0.3, 0.4) is 0 Å². The normalized spacial score (nSPS) is 10.2. The molecule has 0 spiro atoms. The molecular formula is C20H14ClNO4. The van der Waals surface area contributed by atoms with E-state index in [2.05, 4.69) is 5.32 Å². The van der Waals surface area contributed by atoms with Crippen molar-refractivity contribution in [1.29, 1.82) is 0 Å². The predicted octanol–water partition coefficient (Wildman–Crippen LogP) is 5.08. The van der Waals surface area contributed by atoms with Crippen LogP contribution >= 0.6 is 11.6 Å². The number of carbonyl (C=O) groups is 2. The van der Waals surface area contributed by atoms with Crippen LogP contribution in [0.5, 0.6) is 11.5 Å². The van der Waals surface area contributed by atoms with E-state index in [1.807, 2.05) is 0 Å². The summed E-state index contributed by atoms with van der Waals surface area (Å²) in [6.07, 6.45) is 0. The minimum Gasteiger partial charge on any atom is -0.478 e. The van der Waals surface area contributed by atoms with Gasteiger partial charge >= 0.3 is 5.97 Å². The van der Waals surface area contributed by atoms with Gasteiger partial charge in [-0.15, -0.1) is 0 Å². The number of amides is 1. The summed E-state index contributed by atoms with van der Waals surface area (Å²) in [7, 11) is 0. The molecule has 0 aliphatic heterocycles. The summed E-state index contributed by atoms with van der Waals surface area (Å²) in [5, 5.41) is 12.4. The van der Waals surface area contributed by atoms with Crippen molar-refractivity contribution in [2.75, 3.05) is 5.32 Å². The van der Waals surface area contributed by atoms with Crippen molar-refractivity contribution in [2.24, 2.45) is 0 Å². The molecule has 2 N–H and O–H groups in total. The number of carbonyl (C=O) groups excluding carboxylic acids is 1. The Kier molecular flexibility index (Phi) is 5.20. The molecular weight excluding hydrogens is 354 g/mol. The first kappa shape index (κ1) is 17.5. The number of benzene rings is 3. The minimum atomic E-state index is -1.15. The van der Waals surface area contributed by atoms with E-state index in [1.165, 1.54) is 18.2 Å². The van der Waals surface area contributed by atoms with E-state index in [-0.39, 0.29) is 11.3 Å². The van der Waals surface area contributed by atoms with Crippen LogP contribution in [0.4, 0.5) is 5.69 Å². The maximum atomic E-state index is 12.3. The molecule has 0 saturated carbocycles. The zero-order valence-corrected chi connectivity index (χ0v) is 14.2. The lowest BCUT2D eigenvalue weighted by Crippen LogP contribution is -2.14. The number of nitrogens with one attached hydrogen (secondary N) is 1. The number of para-hydroxylation sites is 1. The summed E-state index contributed by atoms with van der Waals surface area (Å²) in [6, 6.07) is 19.8. The van der Waals surface area contributed by atoms with E-state index in [1.54, 1.807) is 54.6 Å². The summed E-state index contributed by atoms with van der Waals surface area (Å²) in [4.78, 5) is 23.8. The van der Waals surface area contributed by atoms with Gasteiger partial charge in [0.15, 0.2) is 0 Å². The van der Waals surface area contributed by atoms with Crippen LogP contribution in [0.15, 0.2) is 72.8 Å². The lowest BCUT2D eigenvalue weighted by Gasteiger charge is -2.12. The molecule has 0 heterocycles. The number of anilines is 1. The number of ether oxygens (including phenoxy) is 1. The van der Waals surface area contributed by atoms with Gasteiger partial charge in [-0.3, -0.25) is 4.79 Å². The average molecular weight is 368 g/mol. The number of rotatable bonds is 5. The fourth-order valence-electron chi connectivity index (χ4n) is 2.32. The van der Waals surface area contributed by atoms with E-state index in [9.17, 15) is 14.7 Å². The second kappa shape index (κ2) is 7.72. The second-order valence-electron chi connectivity index (χ2n) is 5.37. The predicted molar refractivity (Wildman–Crippen MR) is 99.3 cm³/mol. The van der Waals surface area contributed by atoms with Gasteiger partial charge in [0.2, 0.25) is 0 Å². The maximum absolute atomic E-state index is 12.3. The van der Waals surface area contributed by atoms with E-state index in [0.29, 0.717) is 22.1 Å². The van der Waals surface area contributed by atoms with Gasteiger partial charge in [-0.1, -0.05) is 41.9 Å². The van der Waals surface area contributed by atoms with Gasteiger partial charge in [0.1, 0.15) is 11.5 Å². The molecule has 0 unspecified atom stereocenters. The molecule has 3 rings (SSSR count). The summed E-state index contributed by atoms with van der Waals surface area (Å²) in [6.45, 7) is 0. The molecule has 26 heavy (non-hydrogen) atoms. The van der Waals surface area contributed by atoms with Crippen LogP contribution in [0.25, 0.3) is 0 Å². The number of aromatic carboxylic acids is 1. The Morgan fingerprint density at radius 2 is 1.62 bits per heavy atom. The summed E-state index contributed by atoms with van der Waals surface area (Å²) < 4.78 is 5.70. The Morgan fingerprint density at radius 1 is 0.923 bits per heavy atom.